The Labute approximate surface area is 123 Å². The molecule has 0 saturated carbocycles. The number of benzene rings is 1. The Morgan fingerprint density at radius 2 is 1.95 bits per heavy atom. The van der Waals surface area contributed by atoms with E-state index in [1.54, 1.807) is 17.1 Å². The van der Waals surface area contributed by atoms with Crippen molar-refractivity contribution in [1.82, 2.24) is 9.78 Å². The molecule has 0 aliphatic heterocycles. The maximum atomic E-state index is 11.9. The molecule has 0 fully saturated rings. The zero-order chi connectivity index (χ0) is 15.4. The minimum Gasteiger partial charge on any atom is -0.382 e. The van der Waals surface area contributed by atoms with Gasteiger partial charge in [-0.05, 0) is 5.56 Å². The third-order valence-corrected chi connectivity index (χ3v) is 3.18. The molecule has 21 heavy (non-hydrogen) atoms. The Bertz CT molecular complexity index is 655. The first-order valence-electron chi connectivity index (χ1n) is 6.70. The number of ketones is 1. The predicted octanol–water partition coefficient (Wildman–Crippen LogP) is 1.35. The average Bonchev–Trinajstić information content (AvgIpc) is 2.94. The van der Waals surface area contributed by atoms with Gasteiger partial charge in [-0.25, -0.2) is 0 Å². The van der Waals surface area contributed by atoms with Crippen LogP contribution < -0.4 is 11.6 Å². The summed E-state index contributed by atoms with van der Waals surface area (Å²) in [6.07, 6.45) is 3.38. The molecular formula is C15H19N5O. The van der Waals surface area contributed by atoms with Crippen LogP contribution in [0.5, 0.6) is 0 Å². The number of hydrogen-bond acceptors (Lipinski definition) is 4. The summed E-state index contributed by atoms with van der Waals surface area (Å²) in [5, 5.41) is 7.67. The van der Waals surface area contributed by atoms with Gasteiger partial charge in [-0.1, -0.05) is 38.1 Å². The molecule has 0 aliphatic carbocycles. The second kappa shape index (κ2) is 6.21. The van der Waals surface area contributed by atoms with Crippen LogP contribution in [0.15, 0.2) is 41.8 Å². The molecule has 6 heteroatoms. The molecule has 0 unspecified atom stereocenters. The van der Waals surface area contributed by atoms with E-state index in [-0.39, 0.29) is 11.7 Å². The molecule has 1 aromatic heterocycles. The van der Waals surface area contributed by atoms with E-state index in [2.05, 4.69) is 10.2 Å². The number of nitrogens with zero attached hydrogens (tertiary/aromatic N) is 3. The van der Waals surface area contributed by atoms with E-state index in [4.69, 9.17) is 11.6 Å². The highest BCUT2D eigenvalue weighted by atomic mass is 16.1. The van der Waals surface area contributed by atoms with Gasteiger partial charge in [0, 0.05) is 17.7 Å². The molecule has 0 aliphatic rings. The van der Waals surface area contributed by atoms with Crippen LogP contribution in [0.2, 0.25) is 0 Å². The summed E-state index contributed by atoms with van der Waals surface area (Å²) in [5.74, 6) is 5.51. The van der Waals surface area contributed by atoms with Crippen LogP contribution in [0.3, 0.4) is 0 Å². The van der Waals surface area contributed by atoms with Crippen molar-refractivity contribution < 1.29 is 4.79 Å². The van der Waals surface area contributed by atoms with Crippen LogP contribution >= 0.6 is 0 Å². The fourth-order valence-corrected chi connectivity index (χ4v) is 1.95. The highest BCUT2D eigenvalue weighted by molar-refractivity contribution is 5.97. The first kappa shape index (κ1) is 14.8. The summed E-state index contributed by atoms with van der Waals surface area (Å²) in [5.41, 5.74) is 8.10. The van der Waals surface area contributed by atoms with Crippen molar-refractivity contribution in [2.24, 2.45) is 22.6 Å². The smallest absolute Gasteiger partial charge is 0.168 e. The molecular weight excluding hydrogens is 266 g/mol. The second-order valence-electron chi connectivity index (χ2n) is 5.16. The maximum Gasteiger partial charge on any atom is 0.168 e. The summed E-state index contributed by atoms with van der Waals surface area (Å²) in [6.45, 7) is 4.34. The lowest BCUT2D eigenvalue weighted by Gasteiger charge is -2.04. The van der Waals surface area contributed by atoms with Crippen LogP contribution in [0.1, 0.15) is 35.3 Å². The molecule has 1 aromatic carbocycles. The fourth-order valence-electron chi connectivity index (χ4n) is 1.95. The summed E-state index contributed by atoms with van der Waals surface area (Å²) >= 11 is 0. The minimum absolute atomic E-state index is 0.0274. The fraction of sp³-hybridized carbons (Fsp3) is 0.267. The summed E-state index contributed by atoms with van der Waals surface area (Å²) < 4.78 is 1.74. The Morgan fingerprint density at radius 3 is 2.52 bits per heavy atom. The molecule has 0 bridgehead atoms. The van der Waals surface area contributed by atoms with E-state index in [0.717, 1.165) is 11.1 Å². The Hall–Kier alpha value is -2.63. The van der Waals surface area contributed by atoms with Gasteiger partial charge in [-0.2, -0.15) is 10.2 Å². The van der Waals surface area contributed by atoms with Crippen molar-refractivity contribution >= 4 is 11.6 Å². The average molecular weight is 285 g/mol. The highest BCUT2D eigenvalue weighted by Gasteiger charge is 2.12. The largest absolute Gasteiger partial charge is 0.382 e. The predicted molar refractivity (Wildman–Crippen MR) is 81.9 cm³/mol. The number of hydrogen-bond donors (Lipinski definition) is 2. The normalized spacial score (nSPS) is 11.9. The molecule has 6 nitrogen and oxygen atoms in total. The van der Waals surface area contributed by atoms with Gasteiger partial charge < -0.3 is 11.6 Å². The molecule has 0 amide bonds. The van der Waals surface area contributed by atoms with Gasteiger partial charge in [0.2, 0.25) is 0 Å². The first-order chi connectivity index (χ1) is 10.0. The number of carbonyl (C=O) groups excluding carboxylic acids is 1. The SMILES string of the molecule is CC(C)C(=O)c1cnn(Cc2ccc(/C(N)=N/N)cc2)c1. The number of hydrazone groups is 1. The van der Waals surface area contributed by atoms with Gasteiger partial charge in [-0.15, -0.1) is 0 Å². The standard InChI is InChI=1S/C15H19N5O/c1-10(2)14(21)13-7-18-20(9-13)8-11-3-5-12(6-4-11)15(16)19-17/h3-7,9-10H,8,17H2,1-2H3,(H2,16,19). The van der Waals surface area contributed by atoms with Crippen LogP contribution in [0.25, 0.3) is 0 Å². The highest BCUT2D eigenvalue weighted by Crippen LogP contribution is 2.10. The number of Topliss-reactive ketones (excluding diaryl/α,β-unsaturated/α-hetero) is 1. The van der Waals surface area contributed by atoms with Crippen molar-refractivity contribution in [2.75, 3.05) is 0 Å². The van der Waals surface area contributed by atoms with E-state index >= 15 is 0 Å². The van der Waals surface area contributed by atoms with Gasteiger partial charge in [0.25, 0.3) is 0 Å². The monoisotopic (exact) mass is 285 g/mol. The lowest BCUT2D eigenvalue weighted by molar-refractivity contribution is 0.0939. The molecule has 2 aromatic rings. The van der Waals surface area contributed by atoms with Gasteiger partial charge in [0.15, 0.2) is 5.78 Å². The van der Waals surface area contributed by atoms with E-state index in [1.165, 1.54) is 0 Å². The van der Waals surface area contributed by atoms with Crippen molar-refractivity contribution in [2.45, 2.75) is 20.4 Å². The van der Waals surface area contributed by atoms with Gasteiger partial charge >= 0.3 is 0 Å². The number of aromatic nitrogens is 2. The zero-order valence-corrected chi connectivity index (χ0v) is 12.2. The molecule has 4 N–H and O–H groups in total. The van der Waals surface area contributed by atoms with Crippen LogP contribution in [-0.4, -0.2) is 21.4 Å². The van der Waals surface area contributed by atoms with E-state index in [0.29, 0.717) is 17.9 Å². The third-order valence-electron chi connectivity index (χ3n) is 3.18. The van der Waals surface area contributed by atoms with Crippen LogP contribution in [0, 0.1) is 5.92 Å². The van der Waals surface area contributed by atoms with E-state index in [1.807, 2.05) is 38.1 Å². The van der Waals surface area contributed by atoms with Crippen molar-refractivity contribution in [1.29, 1.82) is 0 Å². The van der Waals surface area contributed by atoms with E-state index < -0.39 is 0 Å². The van der Waals surface area contributed by atoms with Crippen molar-refractivity contribution in [3.05, 3.63) is 53.3 Å². The summed E-state index contributed by atoms with van der Waals surface area (Å²) in [4.78, 5) is 11.9. The Morgan fingerprint density at radius 1 is 1.29 bits per heavy atom. The Kier molecular flexibility index (Phi) is 4.37. The molecule has 0 spiro atoms. The molecule has 2 rings (SSSR count). The molecule has 0 radical (unpaired) electrons. The zero-order valence-electron chi connectivity index (χ0n) is 12.2. The van der Waals surface area contributed by atoms with Gasteiger partial charge in [0.05, 0.1) is 18.3 Å². The van der Waals surface area contributed by atoms with Gasteiger partial charge in [0.1, 0.15) is 5.84 Å². The Balaban J connectivity index is 2.10. The topological polar surface area (TPSA) is 99.3 Å². The molecule has 1 heterocycles. The van der Waals surface area contributed by atoms with Crippen molar-refractivity contribution in [3.63, 3.8) is 0 Å². The number of rotatable bonds is 5. The summed E-state index contributed by atoms with van der Waals surface area (Å²) in [6, 6.07) is 7.56. The second-order valence-corrected chi connectivity index (χ2v) is 5.16. The molecule has 0 atom stereocenters. The minimum atomic E-state index is -0.0274. The quantitative estimate of drug-likeness (QED) is 0.285. The third kappa shape index (κ3) is 3.47. The first-order valence-corrected chi connectivity index (χ1v) is 6.70. The number of amidine groups is 1. The van der Waals surface area contributed by atoms with E-state index in [9.17, 15) is 4.79 Å². The van der Waals surface area contributed by atoms with Gasteiger partial charge in [-0.3, -0.25) is 9.48 Å². The molecule has 0 saturated heterocycles. The van der Waals surface area contributed by atoms with Crippen LogP contribution in [-0.2, 0) is 6.54 Å². The van der Waals surface area contributed by atoms with Crippen LogP contribution in [0.4, 0.5) is 0 Å². The lowest BCUT2D eigenvalue weighted by Crippen LogP contribution is -2.15. The summed E-state index contributed by atoms with van der Waals surface area (Å²) in [7, 11) is 0. The molecule has 110 valence electrons. The number of carbonyl (C=O) groups is 1. The maximum absolute atomic E-state index is 11.9. The van der Waals surface area contributed by atoms with Crippen molar-refractivity contribution in [3.8, 4) is 0 Å². The lowest BCUT2D eigenvalue weighted by atomic mass is 10.0. The number of nitrogens with two attached hydrogens (primary N) is 2.